The lowest BCUT2D eigenvalue weighted by Gasteiger charge is -2.10. The molecule has 102 valence electrons. The predicted molar refractivity (Wildman–Crippen MR) is 69.5 cm³/mol. The molecule has 2 heterocycles. The minimum absolute atomic E-state index is 0.364. The minimum atomic E-state index is 0.364. The fourth-order valence-electron chi connectivity index (χ4n) is 1.72. The quantitative estimate of drug-likeness (QED) is 0.748. The standard InChI is InChI=1S/C12H12N6O2/c1-19-10-6-8(7-13)2-3-9(10)20-12-5-4-11-14-16-17-18(11)15-12/h2-6H,7,13H2,1H3. The van der Waals surface area contributed by atoms with E-state index in [0.717, 1.165) is 5.56 Å². The number of nitrogens with two attached hydrogens (primary N) is 1. The van der Waals surface area contributed by atoms with Crippen molar-refractivity contribution in [2.24, 2.45) is 5.73 Å². The zero-order valence-electron chi connectivity index (χ0n) is 10.7. The molecule has 0 atom stereocenters. The van der Waals surface area contributed by atoms with E-state index in [1.807, 2.05) is 12.1 Å². The molecule has 0 radical (unpaired) electrons. The molecule has 8 heteroatoms. The number of hydrogen-bond acceptors (Lipinski definition) is 7. The summed E-state index contributed by atoms with van der Waals surface area (Å²) < 4.78 is 12.2. The SMILES string of the molecule is COc1cc(CN)ccc1Oc1ccc2nnnn2n1. The third-order valence-corrected chi connectivity index (χ3v) is 2.72. The fraction of sp³-hybridized carbons (Fsp3) is 0.167. The molecule has 0 spiro atoms. The molecule has 0 fully saturated rings. The number of tetrazole rings is 1. The molecule has 0 saturated carbocycles. The normalized spacial score (nSPS) is 10.7. The van der Waals surface area contributed by atoms with Crippen LogP contribution in [0, 0.1) is 0 Å². The lowest BCUT2D eigenvalue weighted by Crippen LogP contribution is -2.00. The van der Waals surface area contributed by atoms with Crippen molar-refractivity contribution in [2.45, 2.75) is 6.54 Å². The van der Waals surface area contributed by atoms with Crippen molar-refractivity contribution in [1.82, 2.24) is 25.3 Å². The van der Waals surface area contributed by atoms with E-state index in [4.69, 9.17) is 15.2 Å². The Morgan fingerprint density at radius 1 is 1.20 bits per heavy atom. The van der Waals surface area contributed by atoms with Crippen molar-refractivity contribution in [3.63, 3.8) is 0 Å². The molecule has 8 nitrogen and oxygen atoms in total. The highest BCUT2D eigenvalue weighted by Gasteiger charge is 2.08. The van der Waals surface area contributed by atoms with Crippen LogP contribution in [0.1, 0.15) is 5.56 Å². The molecule has 0 bridgehead atoms. The summed E-state index contributed by atoms with van der Waals surface area (Å²) in [7, 11) is 1.57. The van der Waals surface area contributed by atoms with Crippen LogP contribution in [-0.2, 0) is 6.54 Å². The van der Waals surface area contributed by atoms with Crippen LogP contribution >= 0.6 is 0 Å². The molecule has 0 aliphatic carbocycles. The molecule has 3 rings (SSSR count). The summed E-state index contributed by atoms with van der Waals surface area (Å²) >= 11 is 0. The molecule has 1 aromatic carbocycles. The van der Waals surface area contributed by atoms with Gasteiger partial charge in [0.2, 0.25) is 5.88 Å². The number of benzene rings is 1. The van der Waals surface area contributed by atoms with E-state index >= 15 is 0 Å². The predicted octanol–water partition coefficient (Wildman–Crippen LogP) is 0.779. The van der Waals surface area contributed by atoms with Gasteiger partial charge in [0.15, 0.2) is 17.1 Å². The van der Waals surface area contributed by atoms with Crippen molar-refractivity contribution in [3.05, 3.63) is 35.9 Å². The first-order valence-electron chi connectivity index (χ1n) is 5.90. The zero-order chi connectivity index (χ0) is 13.9. The Labute approximate surface area is 114 Å². The van der Waals surface area contributed by atoms with Gasteiger partial charge in [0.25, 0.3) is 0 Å². The first-order chi connectivity index (χ1) is 9.80. The zero-order valence-corrected chi connectivity index (χ0v) is 10.7. The van der Waals surface area contributed by atoms with E-state index in [1.54, 1.807) is 25.3 Å². The van der Waals surface area contributed by atoms with Gasteiger partial charge in [0, 0.05) is 12.6 Å². The number of ether oxygens (including phenoxy) is 2. The Kier molecular flexibility index (Phi) is 3.13. The maximum absolute atomic E-state index is 5.68. The smallest absolute Gasteiger partial charge is 0.239 e. The van der Waals surface area contributed by atoms with Crippen LogP contribution in [0.15, 0.2) is 30.3 Å². The Balaban J connectivity index is 1.93. The largest absolute Gasteiger partial charge is 0.493 e. The molecular formula is C12H12N6O2. The topological polar surface area (TPSA) is 100 Å². The highest BCUT2D eigenvalue weighted by atomic mass is 16.5. The second-order valence-corrected chi connectivity index (χ2v) is 3.99. The number of aromatic nitrogens is 5. The Hall–Kier alpha value is -2.74. The number of nitrogens with zero attached hydrogens (tertiary/aromatic N) is 5. The molecule has 0 amide bonds. The van der Waals surface area contributed by atoms with E-state index in [9.17, 15) is 0 Å². The summed E-state index contributed by atoms with van der Waals surface area (Å²) in [5, 5.41) is 15.1. The summed E-state index contributed by atoms with van der Waals surface area (Å²) in [6.07, 6.45) is 0. The average Bonchev–Trinajstić information content (AvgIpc) is 2.95. The monoisotopic (exact) mass is 272 g/mol. The van der Waals surface area contributed by atoms with Gasteiger partial charge in [-0.2, -0.15) is 0 Å². The third kappa shape index (κ3) is 2.24. The average molecular weight is 272 g/mol. The second kappa shape index (κ2) is 5.10. The highest BCUT2D eigenvalue weighted by Crippen LogP contribution is 2.31. The van der Waals surface area contributed by atoms with Gasteiger partial charge in [0.1, 0.15) is 0 Å². The summed E-state index contributed by atoms with van der Waals surface area (Å²) in [5.74, 6) is 1.50. The molecule has 3 aromatic rings. The highest BCUT2D eigenvalue weighted by molar-refractivity contribution is 5.45. The summed E-state index contributed by atoms with van der Waals surface area (Å²) in [6.45, 7) is 0.436. The van der Waals surface area contributed by atoms with E-state index in [-0.39, 0.29) is 0 Å². The van der Waals surface area contributed by atoms with Crippen LogP contribution in [0.25, 0.3) is 5.65 Å². The van der Waals surface area contributed by atoms with Gasteiger partial charge in [-0.1, -0.05) is 6.07 Å². The van der Waals surface area contributed by atoms with Crippen LogP contribution in [0.4, 0.5) is 0 Å². The number of rotatable bonds is 4. The lowest BCUT2D eigenvalue weighted by atomic mass is 10.2. The van der Waals surface area contributed by atoms with E-state index in [2.05, 4.69) is 20.6 Å². The summed E-state index contributed by atoms with van der Waals surface area (Å²) in [6, 6.07) is 8.87. The van der Waals surface area contributed by atoms with Gasteiger partial charge in [0.05, 0.1) is 7.11 Å². The lowest BCUT2D eigenvalue weighted by molar-refractivity contribution is 0.370. The van der Waals surface area contributed by atoms with Crippen LogP contribution in [0.5, 0.6) is 17.4 Å². The first kappa shape index (κ1) is 12.3. The Morgan fingerprint density at radius 2 is 2.10 bits per heavy atom. The van der Waals surface area contributed by atoms with Crippen LogP contribution in [0.2, 0.25) is 0 Å². The molecule has 2 aromatic heterocycles. The van der Waals surface area contributed by atoms with Gasteiger partial charge in [-0.15, -0.1) is 14.8 Å². The van der Waals surface area contributed by atoms with Gasteiger partial charge < -0.3 is 15.2 Å². The molecule has 0 aliphatic rings. The van der Waals surface area contributed by atoms with Crippen molar-refractivity contribution in [3.8, 4) is 17.4 Å². The molecule has 2 N–H and O–H groups in total. The summed E-state index contributed by atoms with van der Waals surface area (Å²) in [5.41, 5.74) is 7.09. The van der Waals surface area contributed by atoms with E-state index in [0.29, 0.717) is 29.6 Å². The van der Waals surface area contributed by atoms with Crippen LogP contribution in [-0.4, -0.2) is 32.4 Å². The molecule has 20 heavy (non-hydrogen) atoms. The van der Waals surface area contributed by atoms with Crippen molar-refractivity contribution in [1.29, 1.82) is 0 Å². The van der Waals surface area contributed by atoms with Crippen LogP contribution < -0.4 is 15.2 Å². The van der Waals surface area contributed by atoms with Gasteiger partial charge in [-0.05, 0) is 34.2 Å². The molecule has 0 aliphatic heterocycles. The molecule has 0 saturated heterocycles. The van der Waals surface area contributed by atoms with Gasteiger partial charge in [-0.3, -0.25) is 0 Å². The van der Waals surface area contributed by atoms with Crippen molar-refractivity contribution >= 4 is 5.65 Å². The van der Waals surface area contributed by atoms with Gasteiger partial charge in [-0.25, -0.2) is 0 Å². The third-order valence-electron chi connectivity index (χ3n) is 2.72. The minimum Gasteiger partial charge on any atom is -0.493 e. The second-order valence-electron chi connectivity index (χ2n) is 3.99. The van der Waals surface area contributed by atoms with E-state index in [1.165, 1.54) is 4.63 Å². The Bertz CT molecular complexity index is 742. The van der Waals surface area contributed by atoms with Gasteiger partial charge >= 0.3 is 0 Å². The number of methoxy groups -OCH3 is 1. The number of fused-ring (bicyclic) bond motifs is 1. The first-order valence-corrected chi connectivity index (χ1v) is 5.90. The Morgan fingerprint density at radius 3 is 2.90 bits per heavy atom. The molecule has 0 unspecified atom stereocenters. The fourth-order valence-corrected chi connectivity index (χ4v) is 1.72. The number of hydrogen-bond donors (Lipinski definition) is 1. The maximum Gasteiger partial charge on any atom is 0.239 e. The molecular weight excluding hydrogens is 260 g/mol. The maximum atomic E-state index is 5.68. The van der Waals surface area contributed by atoms with E-state index < -0.39 is 0 Å². The van der Waals surface area contributed by atoms with Crippen molar-refractivity contribution in [2.75, 3.05) is 7.11 Å². The summed E-state index contributed by atoms with van der Waals surface area (Å²) in [4.78, 5) is 0. The van der Waals surface area contributed by atoms with Crippen molar-refractivity contribution < 1.29 is 9.47 Å². The van der Waals surface area contributed by atoms with Crippen LogP contribution in [0.3, 0.4) is 0 Å².